The number of carbonyl (C=O) groups excluding carboxylic acids is 2. The molecule has 0 spiro atoms. The Hall–Kier alpha value is -1.42. The molecule has 0 aliphatic carbocycles. The van der Waals surface area contributed by atoms with Crippen molar-refractivity contribution in [3.05, 3.63) is 27.5 Å². The molecule has 0 saturated carbocycles. The van der Waals surface area contributed by atoms with Crippen molar-refractivity contribution in [1.82, 2.24) is 5.32 Å². The number of aldehydes is 1. The van der Waals surface area contributed by atoms with E-state index < -0.39 is 0 Å². The molecule has 86 valence electrons. The molecule has 16 heavy (non-hydrogen) atoms. The molecule has 0 aliphatic rings. The van der Waals surface area contributed by atoms with Crippen LogP contribution in [0.2, 0.25) is 0 Å². The van der Waals surface area contributed by atoms with Crippen molar-refractivity contribution in [3.63, 3.8) is 0 Å². The number of amides is 1. The average Bonchev–Trinajstić information content (AvgIpc) is 2.59. The van der Waals surface area contributed by atoms with E-state index >= 15 is 0 Å². The average molecular weight is 237 g/mol. The molecule has 3 nitrogen and oxygen atoms in total. The summed E-state index contributed by atoms with van der Waals surface area (Å²) < 4.78 is 0. The van der Waals surface area contributed by atoms with Crippen molar-refractivity contribution in [2.75, 3.05) is 6.54 Å². The zero-order valence-corrected chi connectivity index (χ0v) is 10.3. The van der Waals surface area contributed by atoms with Gasteiger partial charge in [-0.2, -0.15) is 0 Å². The van der Waals surface area contributed by atoms with Gasteiger partial charge in [0.1, 0.15) is 0 Å². The van der Waals surface area contributed by atoms with Gasteiger partial charge in [0.05, 0.1) is 4.88 Å². The second-order valence-corrected chi connectivity index (χ2v) is 4.60. The van der Waals surface area contributed by atoms with Crippen LogP contribution in [0.1, 0.15) is 33.5 Å². The number of aryl methyl sites for hydroxylation is 1. The first-order chi connectivity index (χ1) is 7.63. The fourth-order valence-electron chi connectivity index (χ4n) is 1.27. The normalized spacial score (nSPS) is 10.6. The monoisotopic (exact) mass is 237 g/mol. The lowest BCUT2D eigenvalue weighted by molar-refractivity contribution is -0.118. The summed E-state index contributed by atoms with van der Waals surface area (Å²) in [5.74, 6) is -0.0102. The Morgan fingerprint density at radius 3 is 2.88 bits per heavy atom. The van der Waals surface area contributed by atoms with Gasteiger partial charge in [-0.15, -0.1) is 11.3 Å². The van der Waals surface area contributed by atoms with E-state index in [-0.39, 0.29) is 5.91 Å². The van der Waals surface area contributed by atoms with E-state index in [0.717, 1.165) is 28.0 Å². The van der Waals surface area contributed by atoms with E-state index in [0.29, 0.717) is 6.54 Å². The van der Waals surface area contributed by atoms with Crippen LogP contribution in [-0.2, 0) is 4.79 Å². The van der Waals surface area contributed by atoms with Crippen molar-refractivity contribution >= 4 is 29.6 Å². The van der Waals surface area contributed by atoms with E-state index in [1.807, 2.05) is 25.1 Å². The van der Waals surface area contributed by atoms with Crippen molar-refractivity contribution in [3.8, 4) is 0 Å². The van der Waals surface area contributed by atoms with Gasteiger partial charge in [-0.25, -0.2) is 0 Å². The number of thiophene rings is 1. The SMILES string of the molecule is CC(=O)NCCC=Cc1sc(C=O)cc1C. The second kappa shape index (κ2) is 6.23. The zero-order chi connectivity index (χ0) is 12.0. The summed E-state index contributed by atoms with van der Waals surface area (Å²) in [5.41, 5.74) is 1.11. The summed E-state index contributed by atoms with van der Waals surface area (Å²) in [7, 11) is 0. The van der Waals surface area contributed by atoms with Crippen LogP contribution in [0.15, 0.2) is 12.1 Å². The largest absolute Gasteiger partial charge is 0.356 e. The highest BCUT2D eigenvalue weighted by molar-refractivity contribution is 7.14. The number of hydrogen-bond donors (Lipinski definition) is 1. The molecule has 0 atom stereocenters. The van der Waals surface area contributed by atoms with Crippen LogP contribution in [0.3, 0.4) is 0 Å². The number of rotatable bonds is 5. The highest BCUT2D eigenvalue weighted by Gasteiger charge is 2.00. The molecule has 0 aliphatic heterocycles. The standard InChI is InChI=1S/C12H15NO2S/c1-9-7-11(8-14)16-12(9)5-3-4-6-13-10(2)15/h3,5,7-8H,4,6H2,1-2H3,(H,13,15). The highest BCUT2D eigenvalue weighted by Crippen LogP contribution is 2.21. The Morgan fingerprint density at radius 1 is 1.56 bits per heavy atom. The van der Waals surface area contributed by atoms with E-state index in [4.69, 9.17) is 0 Å². The number of hydrogen-bond acceptors (Lipinski definition) is 3. The molecule has 1 aromatic heterocycles. The van der Waals surface area contributed by atoms with E-state index in [2.05, 4.69) is 5.32 Å². The minimum absolute atomic E-state index is 0.0102. The van der Waals surface area contributed by atoms with Gasteiger partial charge < -0.3 is 5.32 Å². The maximum atomic E-state index is 10.6. The number of nitrogens with one attached hydrogen (secondary N) is 1. The van der Waals surface area contributed by atoms with Crippen LogP contribution in [0.5, 0.6) is 0 Å². The van der Waals surface area contributed by atoms with Crippen LogP contribution in [0, 0.1) is 6.92 Å². The van der Waals surface area contributed by atoms with Crippen LogP contribution in [0.25, 0.3) is 6.08 Å². The summed E-state index contributed by atoms with van der Waals surface area (Å²) in [6, 6.07) is 1.88. The summed E-state index contributed by atoms with van der Waals surface area (Å²) >= 11 is 1.48. The molecule has 0 bridgehead atoms. The molecule has 1 amide bonds. The Bertz CT molecular complexity index is 407. The molecular weight excluding hydrogens is 222 g/mol. The maximum Gasteiger partial charge on any atom is 0.216 e. The molecule has 1 heterocycles. The third-order valence-electron chi connectivity index (χ3n) is 2.05. The Morgan fingerprint density at radius 2 is 2.31 bits per heavy atom. The Balaban J connectivity index is 2.46. The summed E-state index contributed by atoms with van der Waals surface area (Å²) in [4.78, 5) is 23.0. The van der Waals surface area contributed by atoms with Crippen molar-refractivity contribution in [2.45, 2.75) is 20.3 Å². The molecule has 1 N–H and O–H groups in total. The van der Waals surface area contributed by atoms with Gasteiger partial charge in [-0.3, -0.25) is 9.59 Å². The van der Waals surface area contributed by atoms with E-state index in [1.165, 1.54) is 18.3 Å². The third-order valence-corrected chi connectivity index (χ3v) is 3.17. The minimum Gasteiger partial charge on any atom is -0.356 e. The second-order valence-electron chi connectivity index (χ2n) is 3.49. The topological polar surface area (TPSA) is 46.2 Å². The van der Waals surface area contributed by atoms with Crippen molar-refractivity contribution in [2.24, 2.45) is 0 Å². The molecule has 0 unspecified atom stereocenters. The molecule has 1 aromatic rings. The quantitative estimate of drug-likeness (QED) is 0.631. The van der Waals surface area contributed by atoms with E-state index in [9.17, 15) is 9.59 Å². The highest BCUT2D eigenvalue weighted by atomic mass is 32.1. The van der Waals surface area contributed by atoms with Gasteiger partial charge in [-0.05, 0) is 31.1 Å². The molecule has 0 fully saturated rings. The molecule has 0 aromatic carbocycles. The first kappa shape index (κ1) is 12.6. The minimum atomic E-state index is -0.0102. The van der Waals surface area contributed by atoms with Gasteiger partial charge in [-0.1, -0.05) is 6.08 Å². The fraction of sp³-hybridized carbons (Fsp3) is 0.333. The molecule has 0 radical (unpaired) electrons. The fourth-order valence-corrected chi connectivity index (χ4v) is 2.19. The predicted molar refractivity (Wildman–Crippen MR) is 66.8 cm³/mol. The zero-order valence-electron chi connectivity index (χ0n) is 9.45. The van der Waals surface area contributed by atoms with E-state index in [1.54, 1.807) is 0 Å². The Kier molecular flexibility index (Phi) is 4.92. The van der Waals surface area contributed by atoms with Crippen LogP contribution < -0.4 is 5.32 Å². The maximum absolute atomic E-state index is 10.6. The molecule has 0 saturated heterocycles. The lowest BCUT2D eigenvalue weighted by Crippen LogP contribution is -2.20. The molecule has 4 heteroatoms. The van der Waals surface area contributed by atoms with Crippen LogP contribution in [0.4, 0.5) is 0 Å². The van der Waals surface area contributed by atoms with Gasteiger partial charge in [0, 0.05) is 18.3 Å². The lowest BCUT2D eigenvalue weighted by Gasteiger charge is -1.96. The smallest absolute Gasteiger partial charge is 0.216 e. The summed E-state index contributed by atoms with van der Waals surface area (Å²) in [6.07, 6.45) is 5.66. The van der Waals surface area contributed by atoms with Crippen molar-refractivity contribution < 1.29 is 9.59 Å². The molecular formula is C12H15NO2S. The Labute approximate surface area is 99.2 Å². The van der Waals surface area contributed by atoms with Crippen LogP contribution in [-0.4, -0.2) is 18.7 Å². The van der Waals surface area contributed by atoms with Gasteiger partial charge in [0.15, 0.2) is 6.29 Å². The molecule has 1 rings (SSSR count). The first-order valence-electron chi connectivity index (χ1n) is 5.10. The predicted octanol–water partition coefficient (Wildman–Crippen LogP) is 2.41. The third kappa shape index (κ3) is 3.98. The summed E-state index contributed by atoms with van der Waals surface area (Å²) in [5, 5.41) is 2.72. The van der Waals surface area contributed by atoms with Gasteiger partial charge in [0.2, 0.25) is 5.91 Å². The summed E-state index contributed by atoms with van der Waals surface area (Å²) in [6.45, 7) is 4.14. The first-order valence-corrected chi connectivity index (χ1v) is 5.91. The number of carbonyl (C=O) groups is 2. The van der Waals surface area contributed by atoms with Gasteiger partial charge >= 0.3 is 0 Å². The lowest BCUT2D eigenvalue weighted by atomic mass is 10.2. The van der Waals surface area contributed by atoms with Crippen molar-refractivity contribution in [1.29, 1.82) is 0 Å². The van der Waals surface area contributed by atoms with Gasteiger partial charge in [0.25, 0.3) is 0 Å². The van der Waals surface area contributed by atoms with Crippen LogP contribution >= 0.6 is 11.3 Å².